The van der Waals surface area contributed by atoms with Crippen LogP contribution in [0.2, 0.25) is 0 Å². The fourth-order valence-corrected chi connectivity index (χ4v) is 1.70. The Morgan fingerprint density at radius 3 is 2.71 bits per heavy atom. The van der Waals surface area contributed by atoms with Crippen LogP contribution in [0.25, 0.3) is 0 Å². The predicted molar refractivity (Wildman–Crippen MR) is 51.4 cm³/mol. The second kappa shape index (κ2) is 3.77. The molecule has 2 atom stereocenters. The summed E-state index contributed by atoms with van der Waals surface area (Å²) in [5.41, 5.74) is 6.85. The lowest BCUT2D eigenvalue weighted by Crippen LogP contribution is -2.26. The van der Waals surface area contributed by atoms with E-state index in [4.69, 9.17) is 5.11 Å². The monoisotopic (exact) mass is 192 g/mol. The van der Waals surface area contributed by atoms with Crippen LogP contribution < -0.4 is 10.9 Å². The minimum Gasteiger partial charge on any atom is -0.481 e. The molecule has 1 aromatic carbocycles. The summed E-state index contributed by atoms with van der Waals surface area (Å²) in [6, 6.07) is 9.47. The Morgan fingerprint density at radius 1 is 1.36 bits per heavy atom. The van der Waals surface area contributed by atoms with Gasteiger partial charge in [0.25, 0.3) is 0 Å². The van der Waals surface area contributed by atoms with Crippen molar-refractivity contribution in [1.82, 2.24) is 10.9 Å². The minimum atomic E-state index is -0.767. The van der Waals surface area contributed by atoms with Crippen LogP contribution in [0.3, 0.4) is 0 Å². The highest BCUT2D eigenvalue weighted by Crippen LogP contribution is 2.24. The van der Waals surface area contributed by atoms with Gasteiger partial charge in [-0.3, -0.25) is 10.2 Å². The highest BCUT2D eigenvalue weighted by Gasteiger charge is 2.33. The Labute approximate surface area is 81.9 Å². The number of carboxylic acids is 1. The first-order valence-corrected chi connectivity index (χ1v) is 4.55. The van der Waals surface area contributed by atoms with Crippen molar-refractivity contribution in [2.75, 3.05) is 6.54 Å². The molecule has 0 radical (unpaired) electrons. The molecule has 0 aromatic heterocycles. The molecule has 1 fully saturated rings. The van der Waals surface area contributed by atoms with Crippen LogP contribution in [0.15, 0.2) is 30.3 Å². The van der Waals surface area contributed by atoms with E-state index in [0.717, 1.165) is 5.56 Å². The van der Waals surface area contributed by atoms with Crippen molar-refractivity contribution in [2.45, 2.75) is 6.04 Å². The van der Waals surface area contributed by atoms with E-state index >= 15 is 0 Å². The number of aliphatic carboxylic acids is 1. The maximum Gasteiger partial charge on any atom is 0.309 e. The first-order chi connectivity index (χ1) is 6.79. The lowest BCUT2D eigenvalue weighted by atomic mass is 9.95. The fraction of sp³-hybridized carbons (Fsp3) is 0.300. The minimum absolute atomic E-state index is 0.131. The molecule has 0 spiro atoms. The molecule has 1 saturated heterocycles. The Balaban J connectivity index is 2.22. The number of carboxylic acid groups (broad SMARTS) is 1. The maximum absolute atomic E-state index is 10.9. The number of rotatable bonds is 2. The largest absolute Gasteiger partial charge is 0.481 e. The molecule has 1 aliphatic rings. The van der Waals surface area contributed by atoms with E-state index < -0.39 is 11.9 Å². The van der Waals surface area contributed by atoms with Gasteiger partial charge in [0.1, 0.15) is 0 Å². The van der Waals surface area contributed by atoms with Gasteiger partial charge in [0.2, 0.25) is 0 Å². The van der Waals surface area contributed by atoms with Gasteiger partial charge in [0.15, 0.2) is 0 Å². The Morgan fingerprint density at radius 2 is 2.07 bits per heavy atom. The van der Waals surface area contributed by atoms with Crippen molar-refractivity contribution in [3.8, 4) is 0 Å². The van der Waals surface area contributed by atoms with Crippen LogP contribution in [-0.2, 0) is 4.79 Å². The summed E-state index contributed by atoms with van der Waals surface area (Å²) >= 11 is 0. The van der Waals surface area contributed by atoms with E-state index in [0.29, 0.717) is 6.54 Å². The molecule has 0 aliphatic carbocycles. The van der Waals surface area contributed by atoms with Gasteiger partial charge >= 0.3 is 5.97 Å². The fourth-order valence-electron chi connectivity index (χ4n) is 1.70. The lowest BCUT2D eigenvalue weighted by Gasteiger charge is -2.14. The van der Waals surface area contributed by atoms with Gasteiger partial charge in [0, 0.05) is 6.54 Å². The summed E-state index contributed by atoms with van der Waals surface area (Å²) < 4.78 is 0. The summed E-state index contributed by atoms with van der Waals surface area (Å²) in [7, 11) is 0. The second-order valence-electron chi connectivity index (χ2n) is 3.36. The lowest BCUT2D eigenvalue weighted by molar-refractivity contribution is -0.141. The Kier molecular flexibility index (Phi) is 2.47. The molecule has 4 heteroatoms. The Bertz CT molecular complexity index is 326. The third kappa shape index (κ3) is 1.62. The van der Waals surface area contributed by atoms with Crippen LogP contribution in [0.1, 0.15) is 11.6 Å². The molecule has 0 bridgehead atoms. The van der Waals surface area contributed by atoms with Crippen LogP contribution >= 0.6 is 0 Å². The molecule has 74 valence electrons. The second-order valence-corrected chi connectivity index (χ2v) is 3.36. The van der Waals surface area contributed by atoms with Gasteiger partial charge in [-0.05, 0) is 5.56 Å². The number of hydrazine groups is 1. The quantitative estimate of drug-likeness (QED) is 0.640. The van der Waals surface area contributed by atoms with E-state index in [-0.39, 0.29) is 6.04 Å². The topological polar surface area (TPSA) is 61.4 Å². The van der Waals surface area contributed by atoms with Gasteiger partial charge < -0.3 is 5.11 Å². The van der Waals surface area contributed by atoms with Gasteiger partial charge in [-0.2, -0.15) is 0 Å². The molecule has 0 saturated carbocycles. The third-order valence-corrected chi connectivity index (χ3v) is 2.46. The zero-order valence-electron chi connectivity index (χ0n) is 7.60. The molecule has 2 rings (SSSR count). The highest BCUT2D eigenvalue weighted by molar-refractivity contribution is 5.72. The number of hydrogen-bond donors (Lipinski definition) is 3. The zero-order valence-corrected chi connectivity index (χ0v) is 7.60. The van der Waals surface area contributed by atoms with Crippen LogP contribution in [-0.4, -0.2) is 17.6 Å². The molecule has 0 amide bonds. The van der Waals surface area contributed by atoms with Gasteiger partial charge in [-0.1, -0.05) is 30.3 Å². The maximum atomic E-state index is 10.9. The van der Waals surface area contributed by atoms with Crippen LogP contribution in [0.5, 0.6) is 0 Å². The number of benzene rings is 1. The summed E-state index contributed by atoms with van der Waals surface area (Å²) in [5.74, 6) is -1.16. The number of hydrogen-bond acceptors (Lipinski definition) is 3. The molecule has 1 aromatic rings. The predicted octanol–water partition coefficient (Wildman–Crippen LogP) is 0.536. The first kappa shape index (κ1) is 9.18. The van der Waals surface area contributed by atoms with E-state index in [9.17, 15) is 4.79 Å². The van der Waals surface area contributed by atoms with Gasteiger partial charge in [-0.25, -0.2) is 5.43 Å². The van der Waals surface area contributed by atoms with Crippen LogP contribution in [0.4, 0.5) is 0 Å². The summed E-state index contributed by atoms with van der Waals surface area (Å²) in [6.07, 6.45) is 0. The van der Waals surface area contributed by atoms with E-state index in [1.165, 1.54) is 0 Å². The van der Waals surface area contributed by atoms with Gasteiger partial charge in [-0.15, -0.1) is 0 Å². The summed E-state index contributed by atoms with van der Waals surface area (Å²) in [6.45, 7) is 0.467. The number of carbonyl (C=O) groups is 1. The Hall–Kier alpha value is -1.39. The van der Waals surface area contributed by atoms with Crippen molar-refractivity contribution < 1.29 is 9.90 Å². The van der Waals surface area contributed by atoms with Crippen LogP contribution in [0, 0.1) is 5.92 Å². The van der Waals surface area contributed by atoms with Crippen molar-refractivity contribution in [3.05, 3.63) is 35.9 Å². The molecular weight excluding hydrogens is 180 g/mol. The van der Waals surface area contributed by atoms with Crippen molar-refractivity contribution in [2.24, 2.45) is 5.92 Å². The molecule has 3 N–H and O–H groups in total. The average molecular weight is 192 g/mol. The molecule has 14 heavy (non-hydrogen) atoms. The molecular formula is C10H12N2O2. The number of nitrogens with one attached hydrogen (secondary N) is 2. The molecule has 1 heterocycles. The SMILES string of the molecule is O=C(O)C1CNNC1c1ccccc1. The highest BCUT2D eigenvalue weighted by atomic mass is 16.4. The zero-order chi connectivity index (χ0) is 9.97. The van der Waals surface area contributed by atoms with Crippen molar-refractivity contribution in [1.29, 1.82) is 0 Å². The molecule has 2 unspecified atom stereocenters. The average Bonchev–Trinajstić information content (AvgIpc) is 2.67. The normalized spacial score (nSPS) is 26.3. The molecule has 1 aliphatic heterocycles. The standard InChI is InChI=1S/C10H12N2O2/c13-10(14)8-6-11-12-9(8)7-4-2-1-3-5-7/h1-5,8-9,11-12H,6H2,(H,13,14). The smallest absolute Gasteiger partial charge is 0.309 e. The summed E-state index contributed by atoms with van der Waals surface area (Å²) in [5, 5.41) is 8.96. The van der Waals surface area contributed by atoms with Gasteiger partial charge in [0.05, 0.1) is 12.0 Å². The third-order valence-electron chi connectivity index (χ3n) is 2.46. The van der Waals surface area contributed by atoms with Crippen molar-refractivity contribution >= 4 is 5.97 Å². The van der Waals surface area contributed by atoms with Crippen molar-refractivity contribution in [3.63, 3.8) is 0 Å². The van der Waals surface area contributed by atoms with E-state index in [2.05, 4.69) is 10.9 Å². The molecule has 4 nitrogen and oxygen atoms in total. The first-order valence-electron chi connectivity index (χ1n) is 4.55. The van der Waals surface area contributed by atoms with E-state index in [1.807, 2.05) is 30.3 Å². The van der Waals surface area contributed by atoms with E-state index in [1.54, 1.807) is 0 Å². The summed E-state index contributed by atoms with van der Waals surface area (Å²) in [4.78, 5) is 10.9.